The first-order chi connectivity index (χ1) is 16.6. The van der Waals surface area contributed by atoms with E-state index in [2.05, 4.69) is 22.0 Å². The summed E-state index contributed by atoms with van der Waals surface area (Å²) < 4.78 is 5.33. The van der Waals surface area contributed by atoms with Crippen LogP contribution in [0.4, 0.5) is 4.79 Å². The second-order valence-electron chi connectivity index (χ2n) is 8.92. The molecule has 2 fully saturated rings. The Labute approximate surface area is 204 Å². The Morgan fingerprint density at radius 3 is 2.35 bits per heavy atom. The van der Waals surface area contributed by atoms with Crippen LogP contribution in [0.5, 0.6) is 0 Å². The molecule has 3 heterocycles. The molecule has 0 radical (unpaired) electrons. The molecular weight excluding hydrogens is 450 g/mol. The van der Waals surface area contributed by atoms with E-state index in [4.69, 9.17) is 16.3 Å². The van der Waals surface area contributed by atoms with Gasteiger partial charge in [0.2, 0.25) is 5.91 Å². The number of ether oxygens (including phenoxy) is 1. The standard InChI is InChI=1S/C27H26ClN3O3/c28-21-11-12-25(29-14-21)23-16-30(15-20-9-5-2-6-10-20)17-24(23)26(32)31-22(18-34-27(31)33)13-19-7-3-1-4-8-19/h1-12,14,22-24H,13,15-18H2/t22-,23-,24-/m0/s1. The predicted molar refractivity (Wildman–Crippen MR) is 129 cm³/mol. The minimum absolute atomic E-state index is 0.140. The monoisotopic (exact) mass is 475 g/mol. The first-order valence-electron chi connectivity index (χ1n) is 11.5. The van der Waals surface area contributed by atoms with Crippen LogP contribution in [0, 0.1) is 5.92 Å². The minimum Gasteiger partial charge on any atom is -0.447 e. The number of cyclic esters (lactones) is 1. The van der Waals surface area contributed by atoms with E-state index < -0.39 is 12.0 Å². The lowest BCUT2D eigenvalue weighted by Crippen LogP contribution is -2.45. The fourth-order valence-corrected chi connectivity index (χ4v) is 5.07. The number of nitrogens with zero attached hydrogens (tertiary/aromatic N) is 3. The molecule has 34 heavy (non-hydrogen) atoms. The molecular formula is C27H26ClN3O3. The van der Waals surface area contributed by atoms with Crippen molar-refractivity contribution in [2.45, 2.75) is 24.9 Å². The van der Waals surface area contributed by atoms with Crippen LogP contribution in [-0.2, 0) is 22.5 Å². The van der Waals surface area contributed by atoms with E-state index in [9.17, 15) is 9.59 Å². The van der Waals surface area contributed by atoms with Crippen LogP contribution in [0.1, 0.15) is 22.7 Å². The third-order valence-electron chi connectivity index (χ3n) is 6.60. The zero-order valence-corrected chi connectivity index (χ0v) is 19.5. The molecule has 0 N–H and O–H groups in total. The van der Waals surface area contributed by atoms with Gasteiger partial charge in [0.15, 0.2) is 0 Å². The summed E-state index contributed by atoms with van der Waals surface area (Å²) in [4.78, 5) is 34.6. The largest absolute Gasteiger partial charge is 0.447 e. The Kier molecular flexibility index (Phi) is 6.61. The molecule has 0 saturated carbocycles. The highest BCUT2D eigenvalue weighted by molar-refractivity contribution is 6.30. The summed E-state index contributed by atoms with van der Waals surface area (Å²) in [6, 6.07) is 23.4. The van der Waals surface area contributed by atoms with Crippen LogP contribution < -0.4 is 0 Å². The average molecular weight is 476 g/mol. The summed E-state index contributed by atoms with van der Waals surface area (Å²) >= 11 is 6.06. The summed E-state index contributed by atoms with van der Waals surface area (Å²) in [5, 5.41) is 0.553. The molecule has 0 spiro atoms. The first-order valence-corrected chi connectivity index (χ1v) is 11.9. The third kappa shape index (κ3) is 4.83. The Morgan fingerprint density at radius 1 is 0.971 bits per heavy atom. The van der Waals surface area contributed by atoms with Crippen molar-refractivity contribution in [3.63, 3.8) is 0 Å². The fourth-order valence-electron chi connectivity index (χ4n) is 4.96. The van der Waals surface area contributed by atoms with Gasteiger partial charge in [0.1, 0.15) is 6.61 Å². The van der Waals surface area contributed by atoms with Gasteiger partial charge < -0.3 is 4.74 Å². The molecule has 2 aliphatic rings. The summed E-state index contributed by atoms with van der Waals surface area (Å²) in [5.74, 6) is -0.735. The molecule has 2 aromatic carbocycles. The van der Waals surface area contributed by atoms with E-state index in [1.54, 1.807) is 12.3 Å². The highest BCUT2D eigenvalue weighted by Gasteiger charge is 2.47. The average Bonchev–Trinajstić information content (AvgIpc) is 3.44. The van der Waals surface area contributed by atoms with Gasteiger partial charge in [-0.3, -0.25) is 14.7 Å². The maximum atomic E-state index is 13.9. The topological polar surface area (TPSA) is 62.7 Å². The Bertz CT molecular complexity index is 1140. The van der Waals surface area contributed by atoms with Gasteiger partial charge in [0.25, 0.3) is 0 Å². The molecule has 1 aromatic heterocycles. The summed E-state index contributed by atoms with van der Waals surface area (Å²) in [7, 11) is 0. The zero-order chi connectivity index (χ0) is 23.5. The number of halogens is 1. The number of carbonyl (C=O) groups excluding carboxylic acids is 2. The molecule has 0 bridgehead atoms. The van der Waals surface area contributed by atoms with Gasteiger partial charge >= 0.3 is 6.09 Å². The fraction of sp³-hybridized carbons (Fsp3) is 0.296. The van der Waals surface area contributed by atoms with Gasteiger partial charge in [-0.05, 0) is 29.7 Å². The van der Waals surface area contributed by atoms with Crippen molar-refractivity contribution in [3.05, 3.63) is 101 Å². The predicted octanol–water partition coefficient (Wildman–Crippen LogP) is 4.54. The highest BCUT2D eigenvalue weighted by Crippen LogP contribution is 2.35. The Morgan fingerprint density at radius 2 is 1.68 bits per heavy atom. The van der Waals surface area contributed by atoms with Crippen molar-refractivity contribution < 1.29 is 14.3 Å². The summed E-state index contributed by atoms with van der Waals surface area (Å²) in [6.07, 6.45) is 1.62. The molecule has 2 aliphatic heterocycles. The lowest BCUT2D eigenvalue weighted by atomic mass is 9.90. The van der Waals surface area contributed by atoms with Gasteiger partial charge in [-0.15, -0.1) is 0 Å². The van der Waals surface area contributed by atoms with Gasteiger partial charge in [-0.25, -0.2) is 9.69 Å². The number of carbonyl (C=O) groups is 2. The maximum Gasteiger partial charge on any atom is 0.416 e. The number of hydrogen-bond acceptors (Lipinski definition) is 5. The molecule has 6 nitrogen and oxygen atoms in total. The van der Waals surface area contributed by atoms with Crippen molar-refractivity contribution in [3.8, 4) is 0 Å². The molecule has 2 saturated heterocycles. The van der Waals surface area contributed by atoms with E-state index in [0.717, 1.165) is 17.8 Å². The van der Waals surface area contributed by atoms with Gasteiger partial charge in [0, 0.05) is 37.4 Å². The first kappa shape index (κ1) is 22.6. The number of benzene rings is 2. The molecule has 0 unspecified atom stereocenters. The van der Waals surface area contributed by atoms with E-state index in [-0.39, 0.29) is 24.5 Å². The summed E-state index contributed by atoms with van der Waals surface area (Å²) in [5.41, 5.74) is 3.06. The number of rotatable bonds is 6. The molecule has 2 amide bonds. The second-order valence-corrected chi connectivity index (χ2v) is 9.36. The number of imide groups is 1. The molecule has 7 heteroatoms. The quantitative estimate of drug-likeness (QED) is 0.523. The van der Waals surface area contributed by atoms with Crippen LogP contribution in [0.25, 0.3) is 0 Å². The van der Waals surface area contributed by atoms with Crippen LogP contribution in [0.3, 0.4) is 0 Å². The van der Waals surface area contributed by atoms with Crippen LogP contribution in [-0.4, -0.2) is 52.5 Å². The molecule has 0 aliphatic carbocycles. The summed E-state index contributed by atoms with van der Waals surface area (Å²) in [6.45, 7) is 2.16. The van der Waals surface area contributed by atoms with Crippen molar-refractivity contribution in [1.82, 2.24) is 14.8 Å². The minimum atomic E-state index is -0.560. The lowest BCUT2D eigenvalue weighted by Gasteiger charge is -2.25. The normalized spacial score (nSPS) is 22.7. The van der Waals surface area contributed by atoms with Crippen LogP contribution in [0.2, 0.25) is 5.02 Å². The van der Waals surface area contributed by atoms with Gasteiger partial charge in [0.05, 0.1) is 17.0 Å². The number of hydrogen-bond donors (Lipinski definition) is 0. The number of likely N-dealkylation sites (tertiary alicyclic amines) is 1. The number of pyridine rings is 1. The van der Waals surface area contributed by atoms with Crippen LogP contribution in [0.15, 0.2) is 79.0 Å². The van der Waals surface area contributed by atoms with E-state index >= 15 is 0 Å². The van der Waals surface area contributed by atoms with E-state index in [0.29, 0.717) is 24.5 Å². The molecule has 174 valence electrons. The van der Waals surface area contributed by atoms with Gasteiger partial charge in [-0.1, -0.05) is 72.3 Å². The smallest absolute Gasteiger partial charge is 0.416 e. The number of aromatic nitrogens is 1. The Hall–Kier alpha value is -3.22. The third-order valence-corrected chi connectivity index (χ3v) is 6.83. The zero-order valence-electron chi connectivity index (χ0n) is 18.7. The molecule has 3 aromatic rings. The second kappa shape index (κ2) is 9.95. The Balaban J connectivity index is 1.40. The molecule has 3 atom stereocenters. The van der Waals surface area contributed by atoms with E-state index in [1.165, 1.54) is 10.5 Å². The highest BCUT2D eigenvalue weighted by atomic mass is 35.5. The lowest BCUT2D eigenvalue weighted by molar-refractivity contribution is -0.133. The van der Waals surface area contributed by atoms with E-state index in [1.807, 2.05) is 54.6 Å². The molecule has 5 rings (SSSR count). The van der Waals surface area contributed by atoms with Crippen molar-refractivity contribution >= 4 is 23.6 Å². The van der Waals surface area contributed by atoms with Crippen LogP contribution >= 0.6 is 11.6 Å². The SMILES string of the molecule is O=C1OC[C@H](Cc2ccccc2)N1C(=O)[C@H]1CN(Cc2ccccc2)C[C@@H]1c1ccc(Cl)cn1. The van der Waals surface area contributed by atoms with Gasteiger partial charge in [-0.2, -0.15) is 0 Å². The van der Waals surface area contributed by atoms with Crippen molar-refractivity contribution in [1.29, 1.82) is 0 Å². The number of amides is 2. The van der Waals surface area contributed by atoms with Crippen molar-refractivity contribution in [2.75, 3.05) is 19.7 Å². The van der Waals surface area contributed by atoms with Crippen molar-refractivity contribution in [2.24, 2.45) is 5.92 Å². The maximum absolute atomic E-state index is 13.9.